The van der Waals surface area contributed by atoms with E-state index in [0.717, 1.165) is 6.54 Å². The maximum Gasteiger partial charge on any atom is 0.0409 e. The average molecular weight is 221 g/mol. The number of thioether (sulfide) groups is 1. The zero-order valence-corrected chi connectivity index (χ0v) is 10.6. The van der Waals surface area contributed by atoms with E-state index in [1.54, 1.807) is 0 Å². The van der Waals surface area contributed by atoms with Crippen LogP contribution in [0.5, 0.6) is 0 Å². The lowest BCUT2D eigenvalue weighted by atomic mass is 9.87. The minimum absolute atomic E-state index is 0.209. The van der Waals surface area contributed by atoms with Crippen LogP contribution in [-0.4, -0.2) is 12.8 Å². The van der Waals surface area contributed by atoms with Crippen LogP contribution in [0.1, 0.15) is 30.9 Å². The van der Waals surface area contributed by atoms with E-state index in [9.17, 15) is 0 Å². The SMILES string of the molecule is CSc1ccc(C2(C)CCCN2)c(C)c1. The van der Waals surface area contributed by atoms with Crippen LogP contribution in [0.2, 0.25) is 0 Å². The Bertz CT molecular complexity index is 354. The van der Waals surface area contributed by atoms with Gasteiger partial charge in [-0.15, -0.1) is 11.8 Å². The zero-order chi connectivity index (χ0) is 10.9. The van der Waals surface area contributed by atoms with Gasteiger partial charge in [-0.25, -0.2) is 0 Å². The van der Waals surface area contributed by atoms with Gasteiger partial charge in [0.2, 0.25) is 0 Å². The van der Waals surface area contributed by atoms with Crippen molar-refractivity contribution in [2.75, 3.05) is 12.8 Å². The second-order valence-electron chi connectivity index (χ2n) is 4.54. The number of nitrogens with one attached hydrogen (secondary N) is 1. The topological polar surface area (TPSA) is 12.0 Å². The summed E-state index contributed by atoms with van der Waals surface area (Å²) in [4.78, 5) is 1.36. The van der Waals surface area contributed by atoms with E-state index in [4.69, 9.17) is 0 Å². The molecule has 0 aromatic heterocycles. The molecule has 82 valence electrons. The average Bonchev–Trinajstić information content (AvgIpc) is 2.65. The molecule has 1 N–H and O–H groups in total. The van der Waals surface area contributed by atoms with Crippen molar-refractivity contribution < 1.29 is 0 Å². The first-order valence-electron chi connectivity index (χ1n) is 5.56. The smallest absolute Gasteiger partial charge is 0.0409 e. The molecule has 2 rings (SSSR count). The van der Waals surface area contributed by atoms with Gasteiger partial charge in [-0.05, 0) is 62.7 Å². The van der Waals surface area contributed by atoms with E-state index in [0.29, 0.717) is 0 Å². The molecule has 1 nitrogen and oxygen atoms in total. The molecule has 15 heavy (non-hydrogen) atoms. The lowest BCUT2D eigenvalue weighted by Gasteiger charge is -2.27. The summed E-state index contributed by atoms with van der Waals surface area (Å²) in [7, 11) is 0. The van der Waals surface area contributed by atoms with Crippen LogP contribution in [0, 0.1) is 6.92 Å². The van der Waals surface area contributed by atoms with E-state index in [-0.39, 0.29) is 5.54 Å². The van der Waals surface area contributed by atoms with Gasteiger partial charge in [0.05, 0.1) is 0 Å². The van der Waals surface area contributed by atoms with Crippen LogP contribution in [0.4, 0.5) is 0 Å². The lowest BCUT2D eigenvalue weighted by molar-refractivity contribution is 0.432. The third-order valence-corrected chi connectivity index (χ3v) is 4.12. The molecule has 0 spiro atoms. The van der Waals surface area contributed by atoms with Gasteiger partial charge in [0, 0.05) is 10.4 Å². The van der Waals surface area contributed by atoms with Crippen LogP contribution in [-0.2, 0) is 5.54 Å². The van der Waals surface area contributed by atoms with Gasteiger partial charge in [0.25, 0.3) is 0 Å². The third-order valence-electron chi connectivity index (χ3n) is 3.40. The highest BCUT2D eigenvalue weighted by molar-refractivity contribution is 7.98. The van der Waals surface area contributed by atoms with E-state index in [1.807, 2.05) is 11.8 Å². The summed E-state index contributed by atoms with van der Waals surface area (Å²) in [6, 6.07) is 6.82. The largest absolute Gasteiger partial charge is 0.308 e. The summed E-state index contributed by atoms with van der Waals surface area (Å²) in [5, 5.41) is 3.62. The standard InChI is InChI=1S/C13H19NS/c1-10-9-11(15-3)5-6-12(10)13(2)7-4-8-14-13/h5-6,9,14H,4,7-8H2,1-3H3. The van der Waals surface area contributed by atoms with Crippen LogP contribution in [0.15, 0.2) is 23.1 Å². The van der Waals surface area contributed by atoms with Crippen molar-refractivity contribution in [1.82, 2.24) is 5.32 Å². The quantitative estimate of drug-likeness (QED) is 0.769. The van der Waals surface area contributed by atoms with Crippen molar-refractivity contribution in [3.63, 3.8) is 0 Å². The van der Waals surface area contributed by atoms with E-state index < -0.39 is 0 Å². The van der Waals surface area contributed by atoms with Crippen molar-refractivity contribution in [2.45, 2.75) is 37.1 Å². The fourth-order valence-electron chi connectivity index (χ4n) is 2.51. The summed E-state index contributed by atoms with van der Waals surface area (Å²) in [5.74, 6) is 0. The molecule has 1 heterocycles. The molecule has 1 aromatic carbocycles. The zero-order valence-electron chi connectivity index (χ0n) is 9.76. The maximum absolute atomic E-state index is 3.62. The summed E-state index contributed by atoms with van der Waals surface area (Å²) in [5.41, 5.74) is 3.10. The van der Waals surface area contributed by atoms with Gasteiger partial charge in [0.15, 0.2) is 0 Å². The Balaban J connectivity index is 2.36. The molecule has 1 saturated heterocycles. The predicted octanol–water partition coefficient (Wildman–Crippen LogP) is 3.32. The molecular formula is C13H19NS. The molecule has 0 bridgehead atoms. The normalized spacial score (nSPS) is 25.8. The van der Waals surface area contributed by atoms with E-state index in [1.165, 1.54) is 28.9 Å². The van der Waals surface area contributed by atoms with Gasteiger partial charge in [0.1, 0.15) is 0 Å². The van der Waals surface area contributed by atoms with Crippen molar-refractivity contribution in [3.8, 4) is 0 Å². The summed E-state index contributed by atoms with van der Waals surface area (Å²) >= 11 is 1.81. The maximum atomic E-state index is 3.62. The summed E-state index contributed by atoms with van der Waals surface area (Å²) in [6.07, 6.45) is 4.68. The molecule has 1 fully saturated rings. The molecule has 1 aromatic rings. The predicted molar refractivity (Wildman–Crippen MR) is 67.5 cm³/mol. The molecular weight excluding hydrogens is 202 g/mol. The van der Waals surface area contributed by atoms with Gasteiger partial charge in [-0.2, -0.15) is 0 Å². The Morgan fingerprint density at radius 3 is 2.73 bits per heavy atom. The van der Waals surface area contributed by atoms with Crippen molar-refractivity contribution in [3.05, 3.63) is 29.3 Å². The summed E-state index contributed by atoms with van der Waals surface area (Å²) in [6.45, 7) is 5.70. The highest BCUT2D eigenvalue weighted by Gasteiger charge is 2.30. The Morgan fingerprint density at radius 2 is 2.20 bits per heavy atom. The minimum Gasteiger partial charge on any atom is -0.308 e. The van der Waals surface area contributed by atoms with Crippen molar-refractivity contribution >= 4 is 11.8 Å². The van der Waals surface area contributed by atoms with Gasteiger partial charge in [-0.3, -0.25) is 0 Å². The first kappa shape index (κ1) is 11.0. The van der Waals surface area contributed by atoms with Crippen LogP contribution in [0.25, 0.3) is 0 Å². The molecule has 1 aliphatic rings. The molecule has 0 radical (unpaired) electrons. The number of hydrogen-bond donors (Lipinski definition) is 1. The molecule has 1 atom stereocenters. The number of rotatable bonds is 2. The first-order chi connectivity index (χ1) is 7.15. The number of hydrogen-bond acceptors (Lipinski definition) is 2. The molecule has 0 aliphatic carbocycles. The summed E-state index contributed by atoms with van der Waals surface area (Å²) < 4.78 is 0. The molecule has 1 unspecified atom stereocenters. The lowest BCUT2D eigenvalue weighted by Crippen LogP contribution is -2.33. The molecule has 2 heteroatoms. The van der Waals surface area contributed by atoms with E-state index in [2.05, 4.69) is 43.6 Å². The van der Waals surface area contributed by atoms with E-state index >= 15 is 0 Å². The monoisotopic (exact) mass is 221 g/mol. The Morgan fingerprint density at radius 1 is 1.40 bits per heavy atom. The molecule has 0 amide bonds. The molecule has 1 aliphatic heterocycles. The van der Waals surface area contributed by atoms with Crippen LogP contribution in [0.3, 0.4) is 0 Å². The number of benzene rings is 1. The minimum atomic E-state index is 0.209. The van der Waals surface area contributed by atoms with Crippen molar-refractivity contribution in [2.24, 2.45) is 0 Å². The van der Waals surface area contributed by atoms with Crippen molar-refractivity contribution in [1.29, 1.82) is 0 Å². The van der Waals surface area contributed by atoms with Gasteiger partial charge in [-0.1, -0.05) is 6.07 Å². The highest BCUT2D eigenvalue weighted by Crippen LogP contribution is 2.33. The molecule has 0 saturated carbocycles. The number of aryl methyl sites for hydroxylation is 1. The second kappa shape index (κ2) is 4.18. The van der Waals surface area contributed by atoms with Crippen LogP contribution >= 0.6 is 11.8 Å². The fourth-order valence-corrected chi connectivity index (χ4v) is 3.01. The van der Waals surface area contributed by atoms with Gasteiger partial charge < -0.3 is 5.32 Å². The Hall–Kier alpha value is -0.470. The van der Waals surface area contributed by atoms with Crippen LogP contribution < -0.4 is 5.32 Å². The highest BCUT2D eigenvalue weighted by atomic mass is 32.2. The van der Waals surface area contributed by atoms with Gasteiger partial charge >= 0.3 is 0 Å². The first-order valence-corrected chi connectivity index (χ1v) is 6.78. The second-order valence-corrected chi connectivity index (χ2v) is 5.42. The third kappa shape index (κ3) is 2.06. The fraction of sp³-hybridized carbons (Fsp3) is 0.538. The Kier molecular flexibility index (Phi) is 3.08. The Labute approximate surface area is 96.7 Å².